The van der Waals surface area contributed by atoms with Gasteiger partial charge < -0.3 is 10.8 Å². The van der Waals surface area contributed by atoms with E-state index < -0.39 is 0 Å². The van der Waals surface area contributed by atoms with Crippen molar-refractivity contribution in [3.63, 3.8) is 0 Å². The van der Waals surface area contributed by atoms with Crippen LogP contribution in [0.3, 0.4) is 0 Å². The Labute approximate surface area is 101 Å². The Kier molecular flexibility index (Phi) is 3.26. The summed E-state index contributed by atoms with van der Waals surface area (Å²) in [6.07, 6.45) is 0. The molecule has 2 aromatic rings. The van der Waals surface area contributed by atoms with E-state index in [2.05, 4.69) is 6.58 Å². The first kappa shape index (κ1) is 11.4. The monoisotopic (exact) mass is 225 g/mol. The van der Waals surface area contributed by atoms with Crippen LogP contribution in [0.25, 0.3) is 16.8 Å². The van der Waals surface area contributed by atoms with Gasteiger partial charge in [-0.1, -0.05) is 49.0 Å². The van der Waals surface area contributed by atoms with Crippen LogP contribution in [0.4, 0.5) is 0 Å². The molecule has 0 aliphatic heterocycles. The van der Waals surface area contributed by atoms with E-state index in [1.54, 1.807) is 0 Å². The summed E-state index contributed by atoms with van der Waals surface area (Å²) >= 11 is 0. The fourth-order valence-corrected chi connectivity index (χ4v) is 1.82. The molecule has 0 atom stereocenters. The molecule has 2 rings (SSSR count). The summed E-state index contributed by atoms with van der Waals surface area (Å²) in [6, 6.07) is 15.9. The predicted octanol–water partition coefficient (Wildman–Crippen LogP) is 2.78. The fraction of sp³-hybridized carbons (Fsp3) is 0.0667. The minimum atomic E-state index is -0.0272. The maximum Gasteiger partial charge on any atom is 0.0688 e. The lowest BCUT2D eigenvalue weighted by molar-refractivity contribution is 0.281. The molecule has 0 aliphatic carbocycles. The van der Waals surface area contributed by atoms with Crippen LogP contribution in [0.2, 0.25) is 0 Å². The van der Waals surface area contributed by atoms with Gasteiger partial charge in [-0.25, -0.2) is 0 Å². The topological polar surface area (TPSA) is 46.2 Å². The lowest BCUT2D eigenvalue weighted by Crippen LogP contribution is -2.00. The Morgan fingerprint density at radius 2 is 1.76 bits per heavy atom. The summed E-state index contributed by atoms with van der Waals surface area (Å²) in [6.45, 7) is 3.71. The number of aliphatic hydroxyl groups is 1. The summed E-state index contributed by atoms with van der Waals surface area (Å²) in [7, 11) is 0. The Morgan fingerprint density at radius 1 is 1.06 bits per heavy atom. The van der Waals surface area contributed by atoms with E-state index in [1.807, 2.05) is 48.5 Å². The Morgan fingerprint density at radius 3 is 2.35 bits per heavy atom. The quantitative estimate of drug-likeness (QED) is 0.843. The van der Waals surface area contributed by atoms with Crippen LogP contribution in [0, 0.1) is 0 Å². The first-order chi connectivity index (χ1) is 8.22. The van der Waals surface area contributed by atoms with Crippen molar-refractivity contribution in [1.29, 1.82) is 0 Å². The van der Waals surface area contributed by atoms with Gasteiger partial charge >= 0.3 is 0 Å². The Balaban J connectivity index is 2.51. The van der Waals surface area contributed by atoms with Gasteiger partial charge in [0.15, 0.2) is 0 Å². The third-order valence-corrected chi connectivity index (χ3v) is 2.73. The van der Waals surface area contributed by atoms with E-state index in [-0.39, 0.29) is 6.61 Å². The first-order valence-electron chi connectivity index (χ1n) is 5.46. The second-order valence-corrected chi connectivity index (χ2v) is 3.92. The minimum Gasteiger partial charge on any atom is -0.399 e. The summed E-state index contributed by atoms with van der Waals surface area (Å²) in [4.78, 5) is 0. The number of hydrogen-bond donors (Lipinski definition) is 2. The highest BCUT2D eigenvalue weighted by Gasteiger charge is 2.05. The van der Waals surface area contributed by atoms with Gasteiger partial charge in [0.2, 0.25) is 0 Å². The molecule has 0 saturated heterocycles. The van der Waals surface area contributed by atoms with E-state index in [4.69, 9.17) is 5.73 Å². The molecule has 3 N–H and O–H groups in total. The van der Waals surface area contributed by atoms with Crippen molar-refractivity contribution in [2.75, 3.05) is 0 Å². The van der Waals surface area contributed by atoms with Crippen LogP contribution in [0.5, 0.6) is 0 Å². The lowest BCUT2D eigenvalue weighted by Gasteiger charge is -2.10. The summed E-state index contributed by atoms with van der Waals surface area (Å²) in [5.74, 6) is 0. The van der Waals surface area contributed by atoms with Gasteiger partial charge in [0.1, 0.15) is 0 Å². The number of rotatable bonds is 3. The summed E-state index contributed by atoms with van der Waals surface area (Å²) < 4.78 is 0. The third kappa shape index (κ3) is 2.37. The molecule has 2 heteroatoms. The van der Waals surface area contributed by atoms with Crippen LogP contribution in [0.1, 0.15) is 11.1 Å². The van der Waals surface area contributed by atoms with Gasteiger partial charge in [-0.3, -0.25) is 0 Å². The molecule has 0 bridgehead atoms. The van der Waals surface area contributed by atoms with E-state index in [0.29, 0.717) is 5.70 Å². The van der Waals surface area contributed by atoms with Crippen molar-refractivity contribution >= 4 is 5.70 Å². The van der Waals surface area contributed by atoms with Gasteiger partial charge in [0.25, 0.3) is 0 Å². The second-order valence-electron chi connectivity index (χ2n) is 3.92. The van der Waals surface area contributed by atoms with Gasteiger partial charge in [-0.2, -0.15) is 0 Å². The Bertz CT molecular complexity index is 532. The molecule has 0 heterocycles. The molecule has 0 aromatic heterocycles. The van der Waals surface area contributed by atoms with Crippen molar-refractivity contribution in [1.82, 2.24) is 0 Å². The molecule has 0 radical (unpaired) electrons. The third-order valence-electron chi connectivity index (χ3n) is 2.73. The molecular formula is C15H15NO. The van der Waals surface area contributed by atoms with Crippen molar-refractivity contribution < 1.29 is 5.11 Å². The lowest BCUT2D eigenvalue weighted by atomic mass is 9.98. The molecule has 0 saturated carbocycles. The van der Waals surface area contributed by atoms with E-state index in [1.165, 1.54) is 0 Å². The molecule has 2 aromatic carbocycles. The maximum atomic E-state index is 9.23. The van der Waals surface area contributed by atoms with Crippen LogP contribution >= 0.6 is 0 Å². The van der Waals surface area contributed by atoms with Crippen LogP contribution in [-0.4, -0.2) is 5.11 Å². The van der Waals surface area contributed by atoms with E-state index in [0.717, 1.165) is 22.3 Å². The van der Waals surface area contributed by atoms with Crippen LogP contribution in [-0.2, 0) is 6.61 Å². The highest BCUT2D eigenvalue weighted by atomic mass is 16.3. The highest BCUT2D eigenvalue weighted by Crippen LogP contribution is 2.24. The molecule has 0 spiro atoms. The molecule has 86 valence electrons. The molecule has 2 nitrogen and oxygen atoms in total. The van der Waals surface area contributed by atoms with Gasteiger partial charge in [0, 0.05) is 11.3 Å². The van der Waals surface area contributed by atoms with Gasteiger partial charge in [-0.15, -0.1) is 0 Å². The molecule has 0 amide bonds. The zero-order valence-corrected chi connectivity index (χ0v) is 9.56. The second kappa shape index (κ2) is 4.85. The predicted molar refractivity (Wildman–Crippen MR) is 71.0 cm³/mol. The summed E-state index contributed by atoms with van der Waals surface area (Å²) in [5.41, 5.74) is 10.0. The van der Waals surface area contributed by atoms with Crippen molar-refractivity contribution in [3.05, 3.63) is 66.2 Å². The van der Waals surface area contributed by atoms with Gasteiger partial charge in [0.05, 0.1) is 6.61 Å². The fourth-order valence-electron chi connectivity index (χ4n) is 1.82. The average molecular weight is 225 g/mol. The van der Waals surface area contributed by atoms with Crippen molar-refractivity contribution in [2.45, 2.75) is 6.61 Å². The molecule has 0 fully saturated rings. The summed E-state index contributed by atoms with van der Waals surface area (Å²) in [5, 5.41) is 9.23. The van der Waals surface area contributed by atoms with Crippen LogP contribution in [0.15, 0.2) is 55.1 Å². The normalized spacial score (nSPS) is 10.2. The number of benzene rings is 2. The maximum absolute atomic E-state index is 9.23. The van der Waals surface area contributed by atoms with Gasteiger partial charge in [-0.05, 0) is 22.8 Å². The SMILES string of the molecule is C=C(N)c1cc(-c2ccccc2)ccc1CO. The minimum absolute atomic E-state index is 0.0272. The molecular weight excluding hydrogens is 210 g/mol. The van der Waals surface area contributed by atoms with Crippen molar-refractivity contribution in [3.8, 4) is 11.1 Å². The van der Waals surface area contributed by atoms with Crippen molar-refractivity contribution in [2.24, 2.45) is 5.73 Å². The average Bonchev–Trinajstić information content (AvgIpc) is 2.39. The standard InChI is InChI=1S/C15H15NO/c1-11(16)15-9-13(7-8-14(15)10-17)12-5-3-2-4-6-12/h2-9,17H,1,10,16H2. The zero-order valence-electron chi connectivity index (χ0n) is 9.56. The number of aliphatic hydroxyl groups excluding tert-OH is 1. The number of nitrogens with two attached hydrogens (primary N) is 1. The Hall–Kier alpha value is -2.06. The zero-order chi connectivity index (χ0) is 12.3. The largest absolute Gasteiger partial charge is 0.399 e. The van der Waals surface area contributed by atoms with E-state index in [9.17, 15) is 5.11 Å². The van der Waals surface area contributed by atoms with E-state index >= 15 is 0 Å². The molecule has 17 heavy (non-hydrogen) atoms. The smallest absolute Gasteiger partial charge is 0.0688 e. The number of hydrogen-bond acceptors (Lipinski definition) is 2. The highest BCUT2D eigenvalue weighted by molar-refractivity contribution is 5.72. The first-order valence-corrected chi connectivity index (χ1v) is 5.46. The molecule has 0 unspecified atom stereocenters. The molecule has 0 aliphatic rings. The van der Waals surface area contributed by atoms with Crippen LogP contribution < -0.4 is 5.73 Å².